The molecule has 0 aliphatic rings. The number of rotatable bonds is 6. The first-order chi connectivity index (χ1) is 8.63. The third-order valence-corrected chi connectivity index (χ3v) is 2.25. The molecule has 0 aliphatic carbocycles. The highest BCUT2D eigenvalue weighted by atomic mass is 19.1. The fourth-order valence-electron chi connectivity index (χ4n) is 1.48. The number of ether oxygens (including phenoxy) is 1. The lowest BCUT2D eigenvalue weighted by Gasteiger charge is -2.06. The highest BCUT2D eigenvalue weighted by Gasteiger charge is 2.01. The first-order valence-corrected chi connectivity index (χ1v) is 5.96. The van der Waals surface area contributed by atoms with Gasteiger partial charge >= 0.3 is 0 Å². The summed E-state index contributed by atoms with van der Waals surface area (Å²) in [5, 5.41) is 2.69. The molecule has 0 radical (unpaired) electrons. The highest BCUT2D eigenvalue weighted by Crippen LogP contribution is 2.21. The van der Waals surface area contributed by atoms with Crippen LogP contribution < -0.4 is 10.1 Å². The Morgan fingerprint density at radius 1 is 1.50 bits per heavy atom. The van der Waals surface area contributed by atoms with Crippen LogP contribution in [0.25, 0.3) is 6.08 Å². The summed E-state index contributed by atoms with van der Waals surface area (Å²) in [6.45, 7) is 4.47. The molecule has 0 spiro atoms. The molecule has 0 saturated carbocycles. The molecule has 3 nitrogen and oxygen atoms in total. The Labute approximate surface area is 107 Å². The molecule has 0 saturated heterocycles. The molecule has 18 heavy (non-hydrogen) atoms. The van der Waals surface area contributed by atoms with E-state index < -0.39 is 0 Å². The standard InChI is InChI=1S/C14H18FNO2/c1-3-18-14-8-7-13(15)10-12(14)6-4-5-9-16-11(2)17/h4,6-8,10H,3,5,9H2,1-2H3,(H,16,17). The molecule has 0 aliphatic heterocycles. The van der Waals surface area contributed by atoms with Crippen LogP contribution in [-0.2, 0) is 4.79 Å². The van der Waals surface area contributed by atoms with E-state index in [0.29, 0.717) is 30.9 Å². The van der Waals surface area contributed by atoms with Crippen molar-refractivity contribution in [1.82, 2.24) is 5.32 Å². The molecule has 1 aromatic carbocycles. The van der Waals surface area contributed by atoms with Gasteiger partial charge in [0.15, 0.2) is 0 Å². The van der Waals surface area contributed by atoms with Crippen molar-refractivity contribution >= 4 is 12.0 Å². The average Bonchev–Trinajstić information content (AvgIpc) is 2.32. The smallest absolute Gasteiger partial charge is 0.216 e. The maximum Gasteiger partial charge on any atom is 0.216 e. The molecule has 0 fully saturated rings. The summed E-state index contributed by atoms with van der Waals surface area (Å²) >= 11 is 0. The van der Waals surface area contributed by atoms with Gasteiger partial charge in [-0.15, -0.1) is 0 Å². The summed E-state index contributed by atoms with van der Waals surface area (Å²) in [6.07, 6.45) is 4.38. The molecular formula is C14H18FNO2. The van der Waals surface area contributed by atoms with E-state index in [1.807, 2.05) is 13.0 Å². The van der Waals surface area contributed by atoms with Crippen molar-refractivity contribution in [1.29, 1.82) is 0 Å². The second kappa shape index (κ2) is 7.48. The lowest BCUT2D eigenvalue weighted by molar-refractivity contribution is -0.118. The minimum absolute atomic E-state index is 0.0517. The monoisotopic (exact) mass is 251 g/mol. The summed E-state index contributed by atoms with van der Waals surface area (Å²) in [7, 11) is 0. The van der Waals surface area contributed by atoms with E-state index >= 15 is 0 Å². The molecule has 1 amide bonds. The highest BCUT2D eigenvalue weighted by molar-refractivity contribution is 5.72. The van der Waals surface area contributed by atoms with Crippen LogP contribution in [-0.4, -0.2) is 19.1 Å². The molecule has 0 atom stereocenters. The molecule has 98 valence electrons. The zero-order valence-electron chi connectivity index (χ0n) is 10.7. The van der Waals surface area contributed by atoms with Gasteiger partial charge in [-0.2, -0.15) is 0 Å². The molecule has 4 heteroatoms. The summed E-state index contributed by atoms with van der Waals surface area (Å²) < 4.78 is 18.5. The second-order valence-corrected chi connectivity index (χ2v) is 3.79. The SMILES string of the molecule is CCOc1ccc(F)cc1C=CCCNC(C)=O. The molecule has 1 rings (SSSR count). The van der Waals surface area contributed by atoms with Crippen molar-refractivity contribution in [3.63, 3.8) is 0 Å². The van der Waals surface area contributed by atoms with Crippen molar-refractivity contribution in [2.75, 3.05) is 13.2 Å². The van der Waals surface area contributed by atoms with Crippen LogP contribution in [0.3, 0.4) is 0 Å². The van der Waals surface area contributed by atoms with E-state index in [1.54, 1.807) is 12.1 Å². The van der Waals surface area contributed by atoms with E-state index in [9.17, 15) is 9.18 Å². The van der Waals surface area contributed by atoms with E-state index in [1.165, 1.54) is 19.1 Å². The van der Waals surface area contributed by atoms with Gasteiger partial charge < -0.3 is 10.1 Å². The number of nitrogens with one attached hydrogen (secondary N) is 1. The van der Waals surface area contributed by atoms with E-state index in [4.69, 9.17) is 4.74 Å². The van der Waals surface area contributed by atoms with E-state index in [-0.39, 0.29) is 11.7 Å². The third-order valence-electron chi connectivity index (χ3n) is 2.25. The molecule has 1 aromatic rings. The zero-order chi connectivity index (χ0) is 13.4. The summed E-state index contributed by atoms with van der Waals surface area (Å²) in [6, 6.07) is 4.42. The molecular weight excluding hydrogens is 233 g/mol. The van der Waals surface area contributed by atoms with Crippen LogP contribution in [0.1, 0.15) is 25.8 Å². The summed E-state index contributed by atoms with van der Waals surface area (Å²) in [5.74, 6) is 0.318. The van der Waals surface area contributed by atoms with Gasteiger partial charge in [0, 0.05) is 19.0 Å². The van der Waals surface area contributed by atoms with Crippen molar-refractivity contribution in [3.8, 4) is 5.75 Å². The lowest BCUT2D eigenvalue weighted by atomic mass is 10.1. The summed E-state index contributed by atoms with van der Waals surface area (Å²) in [4.78, 5) is 10.7. The van der Waals surface area contributed by atoms with Crippen LogP contribution in [0, 0.1) is 5.82 Å². The van der Waals surface area contributed by atoms with Gasteiger partial charge in [0.25, 0.3) is 0 Å². The topological polar surface area (TPSA) is 38.3 Å². The number of hydrogen-bond donors (Lipinski definition) is 1. The van der Waals surface area contributed by atoms with Gasteiger partial charge in [-0.3, -0.25) is 4.79 Å². The number of amides is 1. The maximum atomic E-state index is 13.1. The van der Waals surface area contributed by atoms with Gasteiger partial charge in [0.2, 0.25) is 5.91 Å². The first-order valence-electron chi connectivity index (χ1n) is 5.96. The van der Waals surface area contributed by atoms with Crippen LogP contribution >= 0.6 is 0 Å². The Bertz CT molecular complexity index is 430. The van der Waals surface area contributed by atoms with Gasteiger partial charge in [-0.25, -0.2) is 4.39 Å². The number of halogens is 1. The predicted molar refractivity (Wildman–Crippen MR) is 69.9 cm³/mol. The normalized spacial score (nSPS) is 10.6. The predicted octanol–water partition coefficient (Wildman–Crippen LogP) is 2.76. The summed E-state index contributed by atoms with van der Waals surface area (Å²) in [5.41, 5.74) is 0.708. The first kappa shape index (κ1) is 14.2. The van der Waals surface area contributed by atoms with Gasteiger partial charge in [-0.1, -0.05) is 12.2 Å². The van der Waals surface area contributed by atoms with Crippen molar-refractivity contribution < 1.29 is 13.9 Å². The van der Waals surface area contributed by atoms with Crippen LogP contribution in [0.15, 0.2) is 24.3 Å². The quantitative estimate of drug-likeness (QED) is 0.789. The molecule has 0 aromatic heterocycles. The van der Waals surface area contributed by atoms with Crippen LogP contribution in [0.4, 0.5) is 4.39 Å². The third kappa shape index (κ3) is 4.99. The molecule has 0 bridgehead atoms. The Kier molecular flexibility index (Phi) is 5.91. The fraction of sp³-hybridized carbons (Fsp3) is 0.357. The van der Waals surface area contributed by atoms with Gasteiger partial charge in [0.1, 0.15) is 11.6 Å². The maximum absolute atomic E-state index is 13.1. The number of carbonyl (C=O) groups excluding carboxylic acids is 1. The number of hydrogen-bond acceptors (Lipinski definition) is 2. The van der Waals surface area contributed by atoms with Gasteiger partial charge in [0.05, 0.1) is 6.61 Å². The van der Waals surface area contributed by atoms with Gasteiger partial charge in [-0.05, 0) is 31.5 Å². The van der Waals surface area contributed by atoms with Crippen molar-refractivity contribution in [2.24, 2.45) is 0 Å². The second-order valence-electron chi connectivity index (χ2n) is 3.79. The number of benzene rings is 1. The fourth-order valence-corrected chi connectivity index (χ4v) is 1.48. The molecule has 1 N–H and O–H groups in total. The Morgan fingerprint density at radius 3 is 2.94 bits per heavy atom. The Morgan fingerprint density at radius 2 is 2.28 bits per heavy atom. The average molecular weight is 251 g/mol. The number of carbonyl (C=O) groups is 1. The minimum Gasteiger partial charge on any atom is -0.493 e. The largest absolute Gasteiger partial charge is 0.493 e. The zero-order valence-corrected chi connectivity index (χ0v) is 10.7. The van der Waals surface area contributed by atoms with E-state index in [0.717, 1.165) is 0 Å². The molecule has 0 heterocycles. The van der Waals surface area contributed by atoms with Crippen molar-refractivity contribution in [2.45, 2.75) is 20.3 Å². The lowest BCUT2D eigenvalue weighted by Crippen LogP contribution is -2.20. The van der Waals surface area contributed by atoms with E-state index in [2.05, 4.69) is 5.32 Å². The van der Waals surface area contributed by atoms with Crippen LogP contribution in [0.5, 0.6) is 5.75 Å². The minimum atomic E-state index is -0.292. The van der Waals surface area contributed by atoms with Crippen molar-refractivity contribution in [3.05, 3.63) is 35.7 Å². The Hall–Kier alpha value is -1.84. The molecule has 0 unspecified atom stereocenters. The Balaban J connectivity index is 2.61. The van der Waals surface area contributed by atoms with Crippen LogP contribution in [0.2, 0.25) is 0 Å².